The zero-order valence-corrected chi connectivity index (χ0v) is 16.4. The van der Waals surface area contributed by atoms with Crippen LogP contribution in [0.5, 0.6) is 11.5 Å². The number of nitrogens with zero attached hydrogens (tertiary/aromatic N) is 1. The Morgan fingerprint density at radius 1 is 1.03 bits per heavy atom. The number of benzene rings is 2. The molecule has 1 heterocycles. The SMILES string of the molecule is O=C(O)CNCCCC(Nc1ccc(Oc2ccc(F)cc2)cn1)c1ccccc1. The van der Waals surface area contributed by atoms with Crippen molar-refractivity contribution in [3.63, 3.8) is 0 Å². The summed E-state index contributed by atoms with van der Waals surface area (Å²) < 4.78 is 18.7. The summed E-state index contributed by atoms with van der Waals surface area (Å²) in [5.41, 5.74) is 1.13. The fourth-order valence-electron chi connectivity index (χ4n) is 2.98. The Labute approximate surface area is 174 Å². The van der Waals surface area contributed by atoms with E-state index in [4.69, 9.17) is 9.84 Å². The van der Waals surface area contributed by atoms with Gasteiger partial charge in [0.2, 0.25) is 0 Å². The predicted molar refractivity (Wildman–Crippen MR) is 113 cm³/mol. The Bertz CT molecular complexity index is 919. The third-order valence-electron chi connectivity index (χ3n) is 4.43. The van der Waals surface area contributed by atoms with Gasteiger partial charge in [-0.05, 0) is 61.3 Å². The van der Waals surface area contributed by atoms with Crippen molar-refractivity contribution in [1.82, 2.24) is 10.3 Å². The van der Waals surface area contributed by atoms with Crippen LogP contribution in [0.3, 0.4) is 0 Å². The standard InChI is InChI=1S/C23H24FN3O3/c24-18-8-10-19(11-9-18)30-20-12-13-22(26-15-20)27-21(17-5-2-1-3-6-17)7-4-14-25-16-23(28)29/h1-3,5-6,8-13,15,21,25H,4,7,14,16H2,(H,26,27)(H,28,29). The molecule has 0 saturated heterocycles. The molecule has 1 aromatic heterocycles. The third kappa shape index (κ3) is 6.86. The number of pyridine rings is 1. The molecule has 0 aliphatic carbocycles. The maximum Gasteiger partial charge on any atom is 0.317 e. The summed E-state index contributed by atoms with van der Waals surface area (Å²) >= 11 is 0. The highest BCUT2D eigenvalue weighted by Crippen LogP contribution is 2.25. The maximum absolute atomic E-state index is 13.0. The van der Waals surface area contributed by atoms with Crippen LogP contribution < -0.4 is 15.4 Å². The summed E-state index contributed by atoms with van der Waals surface area (Å²) in [6, 6.07) is 19.5. The second-order valence-electron chi connectivity index (χ2n) is 6.76. The molecule has 0 aliphatic heterocycles. The average molecular weight is 409 g/mol. The van der Waals surface area contributed by atoms with Crippen molar-refractivity contribution in [2.75, 3.05) is 18.4 Å². The lowest BCUT2D eigenvalue weighted by atomic mass is 10.0. The van der Waals surface area contributed by atoms with Gasteiger partial charge in [-0.25, -0.2) is 9.37 Å². The molecule has 1 unspecified atom stereocenters. The number of nitrogens with one attached hydrogen (secondary N) is 2. The van der Waals surface area contributed by atoms with E-state index in [1.807, 2.05) is 36.4 Å². The van der Waals surface area contributed by atoms with Gasteiger partial charge in [-0.1, -0.05) is 30.3 Å². The summed E-state index contributed by atoms with van der Waals surface area (Å²) in [7, 11) is 0. The molecule has 0 bridgehead atoms. The number of halogens is 1. The lowest BCUT2D eigenvalue weighted by molar-refractivity contribution is -0.135. The second-order valence-corrected chi connectivity index (χ2v) is 6.76. The van der Waals surface area contributed by atoms with Crippen molar-refractivity contribution < 1.29 is 19.0 Å². The first kappa shape index (κ1) is 21.3. The van der Waals surface area contributed by atoms with E-state index in [0.29, 0.717) is 23.9 Å². The van der Waals surface area contributed by atoms with Crippen molar-refractivity contribution in [2.45, 2.75) is 18.9 Å². The predicted octanol–water partition coefficient (Wildman–Crippen LogP) is 4.62. The molecule has 0 fully saturated rings. The Balaban J connectivity index is 1.60. The van der Waals surface area contributed by atoms with Gasteiger partial charge in [-0.15, -0.1) is 0 Å². The zero-order chi connectivity index (χ0) is 21.2. The van der Waals surface area contributed by atoms with Crippen LogP contribution in [0.15, 0.2) is 72.9 Å². The fraction of sp³-hybridized carbons (Fsp3) is 0.217. The highest BCUT2D eigenvalue weighted by Gasteiger charge is 2.12. The van der Waals surface area contributed by atoms with Crippen molar-refractivity contribution in [3.05, 3.63) is 84.3 Å². The van der Waals surface area contributed by atoms with E-state index in [2.05, 4.69) is 15.6 Å². The number of ether oxygens (including phenoxy) is 1. The van der Waals surface area contributed by atoms with E-state index < -0.39 is 5.97 Å². The largest absolute Gasteiger partial charge is 0.480 e. The second kappa shape index (κ2) is 10.9. The van der Waals surface area contributed by atoms with E-state index in [0.717, 1.165) is 18.4 Å². The number of aromatic nitrogens is 1. The van der Waals surface area contributed by atoms with Crippen LogP contribution in [0.4, 0.5) is 10.2 Å². The molecule has 0 amide bonds. The van der Waals surface area contributed by atoms with Gasteiger partial charge in [0.25, 0.3) is 0 Å². The first-order valence-electron chi connectivity index (χ1n) is 9.73. The molecule has 2 aromatic carbocycles. The van der Waals surface area contributed by atoms with Crippen molar-refractivity contribution in [1.29, 1.82) is 0 Å². The van der Waals surface area contributed by atoms with Gasteiger partial charge >= 0.3 is 5.97 Å². The summed E-state index contributed by atoms with van der Waals surface area (Å²) in [5.74, 6) is 0.620. The number of hydrogen-bond donors (Lipinski definition) is 3. The van der Waals surface area contributed by atoms with Gasteiger partial charge in [-0.3, -0.25) is 4.79 Å². The molecule has 3 aromatic rings. The van der Waals surface area contributed by atoms with Crippen LogP contribution in [0.25, 0.3) is 0 Å². The van der Waals surface area contributed by atoms with Crippen LogP contribution in [0, 0.1) is 5.82 Å². The Morgan fingerprint density at radius 3 is 2.43 bits per heavy atom. The molecule has 0 aliphatic rings. The lowest BCUT2D eigenvalue weighted by Gasteiger charge is -2.20. The molecule has 156 valence electrons. The number of carbonyl (C=O) groups is 1. The zero-order valence-electron chi connectivity index (χ0n) is 16.4. The minimum absolute atomic E-state index is 0.0363. The highest BCUT2D eigenvalue weighted by atomic mass is 19.1. The lowest BCUT2D eigenvalue weighted by Crippen LogP contribution is -2.24. The highest BCUT2D eigenvalue weighted by molar-refractivity contribution is 5.68. The number of carboxylic acid groups (broad SMARTS) is 1. The number of anilines is 1. The summed E-state index contributed by atoms with van der Waals surface area (Å²) in [6.07, 6.45) is 3.24. The van der Waals surface area contributed by atoms with Gasteiger partial charge < -0.3 is 20.5 Å². The molecular weight excluding hydrogens is 385 g/mol. The van der Waals surface area contributed by atoms with Crippen LogP contribution >= 0.6 is 0 Å². The van der Waals surface area contributed by atoms with E-state index in [9.17, 15) is 9.18 Å². The normalized spacial score (nSPS) is 11.6. The van der Waals surface area contributed by atoms with Crippen LogP contribution in [-0.4, -0.2) is 29.1 Å². The molecule has 7 heteroatoms. The number of rotatable bonds is 11. The Hall–Kier alpha value is -3.45. The summed E-state index contributed by atoms with van der Waals surface area (Å²) in [5, 5.41) is 15.1. The first-order chi connectivity index (χ1) is 14.6. The summed E-state index contributed by atoms with van der Waals surface area (Å²) in [4.78, 5) is 15.0. The quantitative estimate of drug-likeness (QED) is 0.401. The minimum atomic E-state index is -0.861. The van der Waals surface area contributed by atoms with Crippen LogP contribution in [0.1, 0.15) is 24.4 Å². The van der Waals surface area contributed by atoms with Gasteiger partial charge in [0, 0.05) is 0 Å². The number of hydrogen-bond acceptors (Lipinski definition) is 5. The number of aliphatic carboxylic acids is 1. The third-order valence-corrected chi connectivity index (χ3v) is 4.43. The molecular formula is C23H24FN3O3. The monoisotopic (exact) mass is 409 g/mol. The van der Waals surface area contributed by atoms with Crippen molar-refractivity contribution >= 4 is 11.8 Å². The smallest absolute Gasteiger partial charge is 0.317 e. The van der Waals surface area contributed by atoms with Crippen molar-refractivity contribution in [2.24, 2.45) is 0 Å². The average Bonchev–Trinajstić information content (AvgIpc) is 2.76. The van der Waals surface area contributed by atoms with Crippen LogP contribution in [0.2, 0.25) is 0 Å². The first-order valence-corrected chi connectivity index (χ1v) is 9.73. The van der Waals surface area contributed by atoms with Crippen LogP contribution in [-0.2, 0) is 4.79 Å². The molecule has 3 rings (SSSR count). The van der Waals surface area contributed by atoms with Gasteiger partial charge in [0.1, 0.15) is 23.1 Å². The Morgan fingerprint density at radius 2 is 1.77 bits per heavy atom. The molecule has 3 N–H and O–H groups in total. The molecule has 30 heavy (non-hydrogen) atoms. The van der Waals surface area contributed by atoms with E-state index in [1.165, 1.54) is 12.1 Å². The van der Waals surface area contributed by atoms with Gasteiger partial charge in [0.05, 0.1) is 18.8 Å². The molecule has 6 nitrogen and oxygen atoms in total. The number of carboxylic acids is 1. The minimum Gasteiger partial charge on any atom is -0.480 e. The Kier molecular flexibility index (Phi) is 7.74. The molecule has 0 radical (unpaired) electrons. The fourth-order valence-corrected chi connectivity index (χ4v) is 2.98. The molecule has 0 spiro atoms. The van der Waals surface area contributed by atoms with E-state index >= 15 is 0 Å². The maximum atomic E-state index is 13.0. The molecule has 0 saturated carbocycles. The van der Waals surface area contributed by atoms with Gasteiger partial charge in [-0.2, -0.15) is 0 Å². The molecule has 1 atom stereocenters. The van der Waals surface area contributed by atoms with Gasteiger partial charge in [0.15, 0.2) is 0 Å². The summed E-state index contributed by atoms with van der Waals surface area (Å²) in [6.45, 7) is 0.579. The van der Waals surface area contributed by atoms with E-state index in [-0.39, 0.29) is 18.4 Å². The topological polar surface area (TPSA) is 83.5 Å². The van der Waals surface area contributed by atoms with E-state index in [1.54, 1.807) is 24.4 Å². The van der Waals surface area contributed by atoms with Crippen molar-refractivity contribution in [3.8, 4) is 11.5 Å².